The third-order valence-corrected chi connectivity index (χ3v) is 8.72. The van der Waals surface area contributed by atoms with Crippen molar-refractivity contribution in [2.45, 2.75) is 30.7 Å². The van der Waals surface area contributed by atoms with E-state index in [9.17, 15) is 18.3 Å². The molecule has 0 spiro atoms. The van der Waals surface area contributed by atoms with E-state index in [1.54, 1.807) is 24.1 Å². The number of sulfonamides is 1. The molecule has 12 heteroatoms. The third kappa shape index (κ3) is 4.84. The number of β-amino-alcohol motifs (C(OH)–C–C–N with tert-alkyl or cyclic N) is 1. The number of likely N-dealkylation sites (tertiary alicyclic amines) is 1. The van der Waals surface area contributed by atoms with Crippen LogP contribution in [-0.2, 0) is 27.0 Å². The van der Waals surface area contributed by atoms with Crippen molar-refractivity contribution in [2.24, 2.45) is 0 Å². The molecule has 1 amide bonds. The van der Waals surface area contributed by atoms with Gasteiger partial charge in [0, 0.05) is 39.3 Å². The third-order valence-electron chi connectivity index (χ3n) is 7.01. The van der Waals surface area contributed by atoms with Gasteiger partial charge in [0.2, 0.25) is 21.8 Å². The lowest BCUT2D eigenvalue weighted by Crippen LogP contribution is -2.39. The van der Waals surface area contributed by atoms with Crippen molar-refractivity contribution in [3.8, 4) is 11.4 Å². The van der Waals surface area contributed by atoms with E-state index in [4.69, 9.17) is 0 Å². The van der Waals surface area contributed by atoms with Crippen molar-refractivity contribution in [3.05, 3.63) is 59.2 Å². The Kier molecular flexibility index (Phi) is 6.49. The second-order valence-corrected chi connectivity index (χ2v) is 11.4. The smallest absolute Gasteiger partial charge is 0.239 e. The molecule has 0 aliphatic carbocycles. The van der Waals surface area contributed by atoms with E-state index in [1.807, 2.05) is 30.3 Å². The Morgan fingerprint density at radius 1 is 1.28 bits per heavy atom. The van der Waals surface area contributed by atoms with E-state index < -0.39 is 10.0 Å². The highest BCUT2D eigenvalue weighted by Crippen LogP contribution is 2.33. The first kappa shape index (κ1) is 24.3. The molecular formula is C24H29N7O4S. The van der Waals surface area contributed by atoms with Gasteiger partial charge in [0.05, 0.1) is 30.0 Å². The van der Waals surface area contributed by atoms with Gasteiger partial charge in [-0.05, 0) is 40.5 Å². The zero-order valence-electron chi connectivity index (χ0n) is 20.2. The number of nitrogens with zero attached hydrogens (tertiary/aromatic N) is 6. The number of carbonyl (C=O) groups is 1. The fourth-order valence-electron chi connectivity index (χ4n) is 4.89. The Balaban J connectivity index is 1.39. The number of aromatic nitrogens is 4. The number of anilines is 1. The fraction of sp³-hybridized carbons (Fsp3) is 0.417. The topological polar surface area (TPSA) is 136 Å². The molecule has 3 heterocycles. The molecule has 2 N–H and O–H groups in total. The lowest BCUT2D eigenvalue weighted by molar-refractivity contribution is -0.131. The first-order chi connectivity index (χ1) is 17.2. The number of hydrogen-bond acceptors (Lipinski definition) is 8. The van der Waals surface area contributed by atoms with Gasteiger partial charge in [-0.15, -0.1) is 10.2 Å². The second-order valence-electron chi connectivity index (χ2n) is 9.45. The summed E-state index contributed by atoms with van der Waals surface area (Å²) in [6.45, 7) is 1.89. The number of hydrogen-bond donors (Lipinski definition) is 2. The molecule has 2 aliphatic heterocycles. The van der Waals surface area contributed by atoms with Crippen molar-refractivity contribution in [3.63, 3.8) is 0 Å². The van der Waals surface area contributed by atoms with Gasteiger partial charge in [0.1, 0.15) is 0 Å². The molecular weight excluding hydrogens is 482 g/mol. The van der Waals surface area contributed by atoms with E-state index in [0.29, 0.717) is 31.0 Å². The molecule has 5 rings (SSSR count). The van der Waals surface area contributed by atoms with Crippen LogP contribution < -0.4 is 4.31 Å². The highest BCUT2D eigenvalue weighted by Gasteiger charge is 2.31. The Morgan fingerprint density at radius 2 is 2.11 bits per heavy atom. The summed E-state index contributed by atoms with van der Waals surface area (Å²) in [5.74, 6) is 0.361. The SMILES string of the molecule is CN(C(=O)Cc1ccc2c(c1)N(C)S(=O)(=O)C2)C(CN1CC[C@H](O)C1)c1cccc(-c2nn[nH]n2)c1. The van der Waals surface area contributed by atoms with Crippen molar-refractivity contribution >= 4 is 21.6 Å². The molecule has 1 aromatic heterocycles. The first-order valence-electron chi connectivity index (χ1n) is 11.8. The van der Waals surface area contributed by atoms with Gasteiger partial charge in [-0.3, -0.25) is 14.0 Å². The summed E-state index contributed by atoms with van der Waals surface area (Å²) < 4.78 is 25.7. The molecule has 0 radical (unpaired) electrons. The Hall–Kier alpha value is -3.35. The number of nitrogens with one attached hydrogen (secondary N) is 1. The molecule has 0 saturated carbocycles. The molecule has 1 unspecified atom stereocenters. The summed E-state index contributed by atoms with van der Waals surface area (Å²) in [6.07, 6.45) is 0.483. The quantitative estimate of drug-likeness (QED) is 0.479. The van der Waals surface area contributed by atoms with Gasteiger partial charge < -0.3 is 10.0 Å². The van der Waals surface area contributed by atoms with Crippen LogP contribution in [-0.4, -0.2) is 89.7 Å². The van der Waals surface area contributed by atoms with Crippen LogP contribution in [0.5, 0.6) is 0 Å². The van der Waals surface area contributed by atoms with Gasteiger partial charge in [-0.2, -0.15) is 5.21 Å². The monoisotopic (exact) mass is 511 g/mol. The Labute approximate surface area is 209 Å². The van der Waals surface area contributed by atoms with E-state index in [-0.39, 0.29) is 30.2 Å². The zero-order chi connectivity index (χ0) is 25.4. The zero-order valence-corrected chi connectivity index (χ0v) is 21.0. The number of aliphatic hydroxyl groups excluding tert-OH is 1. The molecule has 0 bridgehead atoms. The van der Waals surface area contributed by atoms with Crippen LogP contribution in [0.1, 0.15) is 29.2 Å². The second kappa shape index (κ2) is 9.60. The van der Waals surface area contributed by atoms with E-state index in [1.165, 1.54) is 11.4 Å². The number of rotatable bonds is 7. The molecule has 11 nitrogen and oxygen atoms in total. The van der Waals surface area contributed by atoms with E-state index in [2.05, 4.69) is 25.5 Å². The van der Waals surface area contributed by atoms with Crippen molar-refractivity contribution in [1.82, 2.24) is 30.4 Å². The number of benzene rings is 2. The summed E-state index contributed by atoms with van der Waals surface area (Å²) in [4.78, 5) is 17.4. The highest BCUT2D eigenvalue weighted by molar-refractivity contribution is 7.92. The molecule has 3 aromatic rings. The minimum Gasteiger partial charge on any atom is -0.392 e. The number of carbonyl (C=O) groups excluding carboxylic acids is 1. The van der Waals surface area contributed by atoms with Crippen LogP contribution in [0.15, 0.2) is 42.5 Å². The van der Waals surface area contributed by atoms with Crippen molar-refractivity contribution in [2.75, 3.05) is 38.0 Å². The summed E-state index contributed by atoms with van der Waals surface area (Å²) in [5, 5.41) is 24.3. The first-order valence-corrected chi connectivity index (χ1v) is 13.4. The number of H-pyrrole nitrogens is 1. The number of aromatic amines is 1. The van der Waals surface area contributed by atoms with E-state index in [0.717, 1.165) is 28.8 Å². The predicted molar refractivity (Wildman–Crippen MR) is 133 cm³/mol. The minimum atomic E-state index is -3.34. The van der Waals surface area contributed by atoms with Crippen molar-refractivity contribution in [1.29, 1.82) is 0 Å². The average Bonchev–Trinajstić information content (AvgIpc) is 3.58. The summed E-state index contributed by atoms with van der Waals surface area (Å²) in [6, 6.07) is 12.9. The molecule has 1 saturated heterocycles. The van der Waals surface area contributed by atoms with Crippen molar-refractivity contribution < 1.29 is 18.3 Å². The lowest BCUT2D eigenvalue weighted by Gasteiger charge is -2.32. The Morgan fingerprint density at radius 3 is 2.83 bits per heavy atom. The number of likely N-dealkylation sites (N-methyl/N-ethyl adjacent to an activating group) is 1. The molecule has 2 atom stereocenters. The van der Waals surface area contributed by atoms with Crippen LogP contribution in [0.2, 0.25) is 0 Å². The van der Waals surface area contributed by atoms with Crippen LogP contribution in [0.3, 0.4) is 0 Å². The highest BCUT2D eigenvalue weighted by atomic mass is 32.2. The predicted octanol–water partition coefficient (Wildman–Crippen LogP) is 0.955. The maximum absolute atomic E-state index is 13.5. The van der Waals surface area contributed by atoms with Crippen LogP contribution >= 0.6 is 0 Å². The number of tetrazole rings is 1. The summed E-state index contributed by atoms with van der Waals surface area (Å²) in [7, 11) is -0.0207. The molecule has 190 valence electrons. The standard InChI is InChI=1S/C24H29N7O4S/c1-29(23(33)11-16-6-7-19-15-36(34,35)30(2)21(19)10-16)22(14-31-9-8-20(32)13-31)17-4-3-5-18(12-17)24-25-27-28-26-24/h3-7,10,12,20,22,32H,8-9,11,13-15H2,1-2H3,(H,25,26,27,28)/t20-,22?/m0/s1. The Bertz CT molecular complexity index is 1360. The number of aliphatic hydroxyl groups is 1. The van der Waals surface area contributed by atoms with Crippen LogP contribution in [0.25, 0.3) is 11.4 Å². The van der Waals surface area contributed by atoms with Gasteiger partial charge in [0.15, 0.2) is 0 Å². The summed E-state index contributed by atoms with van der Waals surface area (Å²) in [5.41, 5.74) is 3.83. The number of fused-ring (bicyclic) bond motifs is 1. The van der Waals surface area contributed by atoms with Crippen LogP contribution in [0.4, 0.5) is 5.69 Å². The normalized spacial score (nSPS) is 19.9. The maximum Gasteiger partial charge on any atom is 0.239 e. The molecule has 1 fully saturated rings. The lowest BCUT2D eigenvalue weighted by atomic mass is 10.0. The molecule has 2 aliphatic rings. The van der Waals surface area contributed by atoms with Gasteiger partial charge in [-0.1, -0.05) is 30.3 Å². The maximum atomic E-state index is 13.5. The largest absolute Gasteiger partial charge is 0.392 e. The summed E-state index contributed by atoms with van der Waals surface area (Å²) >= 11 is 0. The average molecular weight is 512 g/mol. The minimum absolute atomic E-state index is 0.0204. The number of amides is 1. The van der Waals surface area contributed by atoms with Gasteiger partial charge >= 0.3 is 0 Å². The fourth-order valence-corrected chi connectivity index (χ4v) is 6.19. The van der Waals surface area contributed by atoms with E-state index >= 15 is 0 Å². The van der Waals surface area contributed by atoms with Crippen LogP contribution in [0, 0.1) is 0 Å². The molecule has 36 heavy (non-hydrogen) atoms. The molecule has 2 aromatic carbocycles. The van der Waals surface area contributed by atoms with Gasteiger partial charge in [-0.25, -0.2) is 8.42 Å². The van der Waals surface area contributed by atoms with Gasteiger partial charge in [0.25, 0.3) is 0 Å².